The Morgan fingerprint density at radius 1 is 1.09 bits per heavy atom. The van der Waals surface area contributed by atoms with E-state index in [9.17, 15) is 18.0 Å². The summed E-state index contributed by atoms with van der Waals surface area (Å²) in [5.41, 5.74) is -2.21. The molecule has 0 spiro atoms. The molecule has 0 amide bonds. The molecule has 34 heavy (non-hydrogen) atoms. The Bertz CT molecular complexity index is 1140. The van der Waals surface area contributed by atoms with Crippen molar-refractivity contribution in [2.45, 2.75) is 77.4 Å². The largest absolute Gasteiger partial charge is 0.482 e. The Kier molecular flexibility index (Phi) is 6.99. The lowest BCUT2D eigenvalue weighted by Gasteiger charge is -2.37. The van der Waals surface area contributed by atoms with E-state index < -0.39 is 31.2 Å². The van der Waals surface area contributed by atoms with E-state index in [1.165, 1.54) is 26.1 Å². The number of halogens is 3. The van der Waals surface area contributed by atoms with Gasteiger partial charge in [0, 0.05) is 24.4 Å². The maximum atomic E-state index is 14.2. The van der Waals surface area contributed by atoms with E-state index in [4.69, 9.17) is 9.16 Å². The van der Waals surface area contributed by atoms with Crippen LogP contribution in [0, 0.1) is 0 Å². The zero-order valence-electron chi connectivity index (χ0n) is 21.0. The van der Waals surface area contributed by atoms with Crippen LogP contribution < -0.4 is 10.3 Å². The standard InChI is InChI=1S/C26H34F3NO3Si/c1-24(2,3)34(6,7)32-16-10-11-18-14-15-30(21(31)17-18)22-19-12-8-9-13-20(19)33-25(4,5)23(22)26(27,28)29/h8-9,12-15,17H,10-11,16H2,1-7H3. The van der Waals surface area contributed by atoms with Gasteiger partial charge in [0.25, 0.3) is 5.56 Å². The number of aromatic nitrogens is 1. The van der Waals surface area contributed by atoms with Gasteiger partial charge in [-0.1, -0.05) is 32.9 Å². The Labute approximate surface area is 200 Å². The molecule has 1 aromatic heterocycles. The number of alkyl halides is 3. The van der Waals surface area contributed by atoms with Crippen molar-refractivity contribution in [3.8, 4) is 5.75 Å². The van der Waals surface area contributed by atoms with E-state index in [0.717, 1.165) is 16.6 Å². The van der Waals surface area contributed by atoms with Crippen LogP contribution in [0.3, 0.4) is 0 Å². The topological polar surface area (TPSA) is 40.5 Å². The molecule has 0 bridgehead atoms. The Balaban J connectivity index is 1.92. The quantitative estimate of drug-likeness (QED) is 0.328. The second-order valence-electron chi connectivity index (χ2n) is 10.8. The SMILES string of the molecule is CC1(C)Oc2ccccc2C(n2ccc(CCCO[Si](C)(C)C(C)(C)C)cc2=O)=C1C(F)(F)F. The molecule has 0 saturated carbocycles. The maximum Gasteiger partial charge on any atom is 0.418 e. The molecule has 0 saturated heterocycles. The Hall–Kier alpha value is -2.32. The number of nitrogens with zero attached hydrogens (tertiary/aromatic N) is 1. The molecule has 2 aromatic rings. The molecule has 0 N–H and O–H groups in total. The van der Waals surface area contributed by atoms with Crippen molar-refractivity contribution in [3.63, 3.8) is 0 Å². The molecule has 2 heterocycles. The monoisotopic (exact) mass is 493 g/mol. The van der Waals surface area contributed by atoms with Crippen LogP contribution >= 0.6 is 0 Å². The van der Waals surface area contributed by atoms with Crippen LogP contribution in [0.4, 0.5) is 13.2 Å². The first-order valence-corrected chi connectivity index (χ1v) is 14.4. The third kappa shape index (κ3) is 5.33. The highest BCUT2D eigenvalue weighted by atomic mass is 28.4. The summed E-state index contributed by atoms with van der Waals surface area (Å²) in [7, 11) is -1.85. The summed E-state index contributed by atoms with van der Waals surface area (Å²) in [4.78, 5) is 13.1. The third-order valence-electron chi connectivity index (χ3n) is 6.73. The van der Waals surface area contributed by atoms with E-state index in [1.807, 2.05) is 0 Å². The summed E-state index contributed by atoms with van der Waals surface area (Å²) in [5.74, 6) is 0.314. The zero-order chi connectivity index (χ0) is 25.5. The van der Waals surface area contributed by atoms with Crippen LogP contribution in [0.1, 0.15) is 52.2 Å². The van der Waals surface area contributed by atoms with E-state index in [1.54, 1.807) is 30.3 Å². The summed E-state index contributed by atoms with van der Waals surface area (Å²) in [5, 5.41) is 0.116. The van der Waals surface area contributed by atoms with E-state index >= 15 is 0 Å². The number of pyridine rings is 1. The number of ether oxygens (including phenoxy) is 1. The molecule has 0 atom stereocenters. The van der Waals surface area contributed by atoms with Crippen molar-refractivity contribution in [1.82, 2.24) is 4.57 Å². The molecule has 4 nitrogen and oxygen atoms in total. The Morgan fingerprint density at radius 2 is 1.74 bits per heavy atom. The molecule has 1 aliphatic rings. The first-order valence-electron chi connectivity index (χ1n) is 11.5. The molecule has 186 valence electrons. The van der Waals surface area contributed by atoms with Crippen molar-refractivity contribution in [2.75, 3.05) is 6.61 Å². The molecule has 1 aliphatic heterocycles. The van der Waals surface area contributed by atoms with Gasteiger partial charge in [0.15, 0.2) is 8.32 Å². The number of fused-ring (bicyclic) bond motifs is 1. The highest BCUT2D eigenvalue weighted by Crippen LogP contribution is 2.47. The predicted octanol–water partition coefficient (Wildman–Crippen LogP) is 6.80. The average molecular weight is 494 g/mol. The van der Waals surface area contributed by atoms with E-state index in [2.05, 4.69) is 33.9 Å². The van der Waals surface area contributed by atoms with Crippen LogP contribution in [-0.4, -0.2) is 31.3 Å². The van der Waals surface area contributed by atoms with Gasteiger partial charge in [0.2, 0.25) is 0 Å². The molecule has 0 radical (unpaired) electrons. The molecule has 0 fully saturated rings. The molecule has 0 unspecified atom stereocenters. The lowest BCUT2D eigenvalue weighted by Crippen LogP contribution is -2.43. The number of rotatable bonds is 6. The first-order chi connectivity index (χ1) is 15.5. The average Bonchev–Trinajstić information content (AvgIpc) is 2.68. The van der Waals surface area contributed by atoms with Gasteiger partial charge in [0.1, 0.15) is 16.9 Å². The summed E-state index contributed by atoms with van der Waals surface area (Å²) >= 11 is 0. The second kappa shape index (κ2) is 9.04. The Morgan fingerprint density at radius 3 is 2.32 bits per heavy atom. The predicted molar refractivity (Wildman–Crippen MR) is 132 cm³/mol. The highest BCUT2D eigenvalue weighted by Gasteiger charge is 2.50. The lowest BCUT2D eigenvalue weighted by atomic mass is 9.88. The van der Waals surface area contributed by atoms with Crippen molar-refractivity contribution in [2.24, 2.45) is 0 Å². The van der Waals surface area contributed by atoms with Gasteiger partial charge >= 0.3 is 6.18 Å². The number of hydrogen-bond donors (Lipinski definition) is 0. The summed E-state index contributed by atoms with van der Waals surface area (Å²) in [6.45, 7) is 14.2. The summed E-state index contributed by atoms with van der Waals surface area (Å²) in [6, 6.07) is 9.62. The molecule has 8 heteroatoms. The molecule has 3 rings (SSSR count). The molecule has 1 aromatic carbocycles. The van der Waals surface area contributed by atoms with Crippen molar-refractivity contribution >= 4 is 14.0 Å². The van der Waals surface area contributed by atoms with Crippen molar-refractivity contribution < 1.29 is 22.3 Å². The fourth-order valence-electron chi connectivity index (χ4n) is 3.90. The normalized spacial score (nSPS) is 16.3. The van der Waals surface area contributed by atoms with Crippen LogP contribution in [0.25, 0.3) is 5.70 Å². The van der Waals surface area contributed by atoms with Gasteiger partial charge in [0.05, 0.1) is 5.70 Å². The number of hydrogen-bond acceptors (Lipinski definition) is 3. The highest BCUT2D eigenvalue weighted by molar-refractivity contribution is 6.74. The maximum absolute atomic E-state index is 14.2. The van der Waals surface area contributed by atoms with E-state index in [0.29, 0.717) is 18.8 Å². The smallest absolute Gasteiger partial charge is 0.418 e. The van der Waals surface area contributed by atoms with Gasteiger partial charge in [-0.2, -0.15) is 13.2 Å². The minimum absolute atomic E-state index is 0.116. The van der Waals surface area contributed by atoms with Gasteiger partial charge in [-0.25, -0.2) is 0 Å². The molecular weight excluding hydrogens is 459 g/mol. The van der Waals surface area contributed by atoms with Gasteiger partial charge in [-0.15, -0.1) is 0 Å². The van der Waals surface area contributed by atoms with Crippen molar-refractivity contribution in [3.05, 3.63) is 69.6 Å². The summed E-state index contributed by atoms with van der Waals surface area (Å²) in [6.07, 6.45) is -1.89. The number of para-hydroxylation sites is 1. The third-order valence-corrected chi connectivity index (χ3v) is 11.3. The first kappa shape index (κ1) is 26.3. The summed E-state index contributed by atoms with van der Waals surface area (Å²) < 4.78 is 55.6. The van der Waals surface area contributed by atoms with Crippen LogP contribution in [0.2, 0.25) is 18.1 Å². The fourth-order valence-corrected chi connectivity index (χ4v) is 4.99. The van der Waals surface area contributed by atoms with Crippen LogP contribution in [0.15, 0.2) is 53.0 Å². The second-order valence-corrected chi connectivity index (χ2v) is 15.6. The van der Waals surface area contributed by atoms with Gasteiger partial charge in [-0.05, 0) is 68.6 Å². The lowest BCUT2D eigenvalue weighted by molar-refractivity contribution is -0.113. The zero-order valence-corrected chi connectivity index (χ0v) is 22.0. The van der Waals surface area contributed by atoms with Gasteiger partial charge in [-0.3, -0.25) is 9.36 Å². The van der Waals surface area contributed by atoms with E-state index in [-0.39, 0.29) is 16.3 Å². The number of benzene rings is 1. The van der Waals surface area contributed by atoms with Gasteiger partial charge < -0.3 is 9.16 Å². The molecular formula is C26H34F3NO3Si. The van der Waals surface area contributed by atoms with Crippen LogP contribution in [0.5, 0.6) is 5.75 Å². The molecule has 0 aliphatic carbocycles. The number of aryl methyl sites for hydroxylation is 1. The fraction of sp³-hybridized carbons (Fsp3) is 0.500. The van der Waals surface area contributed by atoms with Crippen LogP contribution in [-0.2, 0) is 10.8 Å². The van der Waals surface area contributed by atoms with Crippen molar-refractivity contribution in [1.29, 1.82) is 0 Å². The minimum Gasteiger partial charge on any atom is -0.482 e. The minimum atomic E-state index is -4.68.